The van der Waals surface area contributed by atoms with E-state index < -0.39 is 0 Å². The monoisotopic (exact) mass is 347 g/mol. The first-order valence-corrected chi connectivity index (χ1v) is 8.29. The van der Waals surface area contributed by atoms with Crippen LogP contribution in [0.15, 0.2) is 36.7 Å². The second-order valence-electron chi connectivity index (χ2n) is 6.59. The van der Waals surface area contributed by atoms with Crippen molar-refractivity contribution >= 4 is 24.0 Å². The molecule has 0 saturated carbocycles. The third kappa shape index (κ3) is 3.76. The van der Waals surface area contributed by atoms with Crippen molar-refractivity contribution in [2.24, 2.45) is 5.92 Å². The summed E-state index contributed by atoms with van der Waals surface area (Å²) in [5, 5.41) is 14.8. The van der Waals surface area contributed by atoms with E-state index in [9.17, 15) is 4.79 Å². The van der Waals surface area contributed by atoms with E-state index in [1.165, 1.54) is 12.8 Å². The number of benzene rings is 1. The molecule has 6 nitrogen and oxygen atoms in total. The van der Waals surface area contributed by atoms with Crippen LogP contribution < -0.4 is 10.6 Å². The van der Waals surface area contributed by atoms with Gasteiger partial charge in [-0.2, -0.15) is 15.0 Å². The number of carbonyl (C=O) groups is 1. The number of carbonyl (C=O) groups excluding carboxylic acids is 1. The molecule has 1 aromatic heterocycles. The summed E-state index contributed by atoms with van der Waals surface area (Å²) in [6.45, 7) is 0. The summed E-state index contributed by atoms with van der Waals surface area (Å²) in [6.07, 6.45) is 8.71. The van der Waals surface area contributed by atoms with E-state index in [1.807, 2.05) is 24.3 Å². The fourth-order valence-electron chi connectivity index (χ4n) is 3.84. The van der Waals surface area contributed by atoms with Crippen LogP contribution in [0.3, 0.4) is 0 Å². The maximum absolute atomic E-state index is 12.3. The largest absolute Gasteiger partial charge is 0.326 e. The average molecular weight is 348 g/mol. The zero-order valence-electron chi connectivity index (χ0n) is 13.4. The maximum Gasteiger partial charge on any atom is 0.224 e. The molecule has 4 rings (SSSR count). The number of rotatable bonds is 4. The van der Waals surface area contributed by atoms with Gasteiger partial charge in [-0.15, -0.1) is 12.4 Å². The minimum atomic E-state index is 0. The lowest BCUT2D eigenvalue weighted by atomic mass is 9.89. The first-order valence-electron chi connectivity index (χ1n) is 8.29. The molecule has 2 saturated heterocycles. The molecule has 0 aliphatic carbocycles. The number of aromatic nitrogens is 3. The van der Waals surface area contributed by atoms with Crippen LogP contribution in [0.5, 0.6) is 0 Å². The Bertz CT molecular complexity index is 661. The Labute approximate surface area is 147 Å². The van der Waals surface area contributed by atoms with Gasteiger partial charge in [0.05, 0.1) is 18.1 Å². The van der Waals surface area contributed by atoms with Crippen LogP contribution in [-0.4, -0.2) is 33.0 Å². The molecule has 7 heteroatoms. The Hall–Kier alpha value is -1.92. The molecule has 2 aliphatic heterocycles. The summed E-state index contributed by atoms with van der Waals surface area (Å²) in [5.41, 5.74) is 1.70. The molecule has 1 aromatic carbocycles. The fraction of sp³-hybridized carbons (Fsp3) is 0.471. The zero-order valence-corrected chi connectivity index (χ0v) is 14.2. The zero-order chi connectivity index (χ0) is 15.6. The summed E-state index contributed by atoms with van der Waals surface area (Å²) in [4.78, 5) is 13.8. The number of amides is 1. The molecule has 24 heavy (non-hydrogen) atoms. The summed E-state index contributed by atoms with van der Waals surface area (Å²) >= 11 is 0. The Balaban J connectivity index is 0.00000169. The van der Waals surface area contributed by atoms with E-state index >= 15 is 0 Å². The number of nitrogens with zero attached hydrogens (tertiary/aromatic N) is 3. The first-order chi connectivity index (χ1) is 11.3. The van der Waals surface area contributed by atoms with Crippen LogP contribution in [0.4, 0.5) is 5.69 Å². The highest BCUT2D eigenvalue weighted by molar-refractivity contribution is 5.90. The standard InChI is InChI=1S/C17H21N5O.ClH/c23-17(11-12-9-14-1-2-15(10-12)20-14)21-13-3-5-16(6-4-13)22-18-7-8-19-22;/h3-8,12,14-15,20H,1-2,9-11H2,(H,21,23);1H. The van der Waals surface area contributed by atoms with Crippen LogP contribution in [0.2, 0.25) is 0 Å². The lowest BCUT2D eigenvalue weighted by Crippen LogP contribution is -2.39. The van der Waals surface area contributed by atoms with Gasteiger partial charge in [0.15, 0.2) is 0 Å². The van der Waals surface area contributed by atoms with Crippen molar-refractivity contribution in [3.05, 3.63) is 36.7 Å². The van der Waals surface area contributed by atoms with Crippen molar-refractivity contribution in [1.82, 2.24) is 20.3 Å². The van der Waals surface area contributed by atoms with Gasteiger partial charge in [-0.1, -0.05) is 0 Å². The number of nitrogens with one attached hydrogen (secondary N) is 2. The molecule has 2 bridgehead atoms. The lowest BCUT2D eigenvalue weighted by Gasteiger charge is -2.28. The molecule has 2 aromatic rings. The molecule has 128 valence electrons. The van der Waals surface area contributed by atoms with Crippen LogP contribution in [-0.2, 0) is 4.79 Å². The quantitative estimate of drug-likeness (QED) is 0.891. The fourth-order valence-corrected chi connectivity index (χ4v) is 3.84. The van der Waals surface area contributed by atoms with Crippen molar-refractivity contribution in [1.29, 1.82) is 0 Å². The van der Waals surface area contributed by atoms with Crippen molar-refractivity contribution in [2.45, 2.75) is 44.2 Å². The van der Waals surface area contributed by atoms with Gasteiger partial charge >= 0.3 is 0 Å². The second-order valence-corrected chi connectivity index (χ2v) is 6.59. The van der Waals surface area contributed by atoms with Gasteiger partial charge in [0, 0.05) is 24.2 Å². The minimum absolute atomic E-state index is 0. The van der Waals surface area contributed by atoms with Gasteiger partial charge < -0.3 is 10.6 Å². The third-order valence-electron chi connectivity index (χ3n) is 4.85. The van der Waals surface area contributed by atoms with Crippen LogP contribution in [0.25, 0.3) is 5.69 Å². The van der Waals surface area contributed by atoms with Crippen LogP contribution in [0, 0.1) is 5.92 Å². The number of halogens is 1. The van der Waals surface area contributed by atoms with Gasteiger partial charge in [0.2, 0.25) is 5.91 Å². The highest BCUT2D eigenvalue weighted by Gasteiger charge is 2.34. The molecule has 2 unspecified atom stereocenters. The second kappa shape index (κ2) is 7.32. The highest BCUT2D eigenvalue weighted by atomic mass is 35.5. The molecular weight excluding hydrogens is 326 g/mol. The van der Waals surface area contributed by atoms with Gasteiger partial charge in [-0.05, 0) is 55.9 Å². The van der Waals surface area contributed by atoms with Crippen LogP contribution >= 0.6 is 12.4 Å². The smallest absolute Gasteiger partial charge is 0.224 e. The SMILES string of the molecule is Cl.O=C(CC1CC2CCC(C1)N2)Nc1ccc(-n2nccn2)cc1. The third-order valence-corrected chi connectivity index (χ3v) is 4.85. The van der Waals surface area contributed by atoms with Crippen molar-refractivity contribution in [2.75, 3.05) is 5.32 Å². The maximum atomic E-state index is 12.3. The molecule has 2 N–H and O–H groups in total. The van der Waals surface area contributed by atoms with Crippen molar-refractivity contribution in [3.63, 3.8) is 0 Å². The minimum Gasteiger partial charge on any atom is -0.326 e. The topological polar surface area (TPSA) is 71.8 Å². The van der Waals surface area contributed by atoms with E-state index in [-0.39, 0.29) is 18.3 Å². The molecule has 3 heterocycles. The Morgan fingerprint density at radius 3 is 2.38 bits per heavy atom. The van der Waals surface area contributed by atoms with E-state index in [1.54, 1.807) is 17.2 Å². The molecule has 2 fully saturated rings. The Morgan fingerprint density at radius 2 is 1.75 bits per heavy atom. The summed E-state index contributed by atoms with van der Waals surface area (Å²) in [5.74, 6) is 0.627. The number of hydrogen-bond acceptors (Lipinski definition) is 4. The number of anilines is 1. The Kier molecular flexibility index (Phi) is 5.16. The molecule has 0 radical (unpaired) electrons. The number of fused-ring (bicyclic) bond motifs is 2. The summed E-state index contributed by atoms with van der Waals surface area (Å²) in [7, 11) is 0. The molecule has 1 amide bonds. The molecule has 2 atom stereocenters. The predicted octanol–water partition coefficient (Wildman–Crippen LogP) is 2.55. The first kappa shape index (κ1) is 16.9. The average Bonchev–Trinajstić information content (AvgIpc) is 3.18. The van der Waals surface area contributed by atoms with E-state index in [0.29, 0.717) is 24.4 Å². The van der Waals surface area contributed by atoms with Gasteiger partial charge in [0.1, 0.15) is 0 Å². The number of hydrogen-bond donors (Lipinski definition) is 2. The normalized spacial score (nSPS) is 25.1. The molecular formula is C17H22ClN5O. The van der Waals surface area contributed by atoms with E-state index in [0.717, 1.165) is 24.2 Å². The molecule has 2 aliphatic rings. The van der Waals surface area contributed by atoms with Crippen LogP contribution in [0.1, 0.15) is 32.1 Å². The van der Waals surface area contributed by atoms with Crippen molar-refractivity contribution < 1.29 is 4.79 Å². The van der Waals surface area contributed by atoms with Gasteiger partial charge in [0.25, 0.3) is 0 Å². The Morgan fingerprint density at radius 1 is 1.12 bits per heavy atom. The summed E-state index contributed by atoms with van der Waals surface area (Å²) in [6, 6.07) is 8.85. The predicted molar refractivity (Wildman–Crippen MR) is 94.5 cm³/mol. The lowest BCUT2D eigenvalue weighted by molar-refractivity contribution is -0.117. The van der Waals surface area contributed by atoms with E-state index in [4.69, 9.17) is 0 Å². The molecule has 0 spiro atoms. The van der Waals surface area contributed by atoms with E-state index in [2.05, 4.69) is 20.8 Å². The number of piperidine rings is 1. The summed E-state index contributed by atoms with van der Waals surface area (Å²) < 4.78 is 0. The van der Waals surface area contributed by atoms with Gasteiger partial charge in [-0.3, -0.25) is 4.79 Å². The van der Waals surface area contributed by atoms with Gasteiger partial charge in [-0.25, -0.2) is 0 Å². The highest BCUT2D eigenvalue weighted by Crippen LogP contribution is 2.32. The van der Waals surface area contributed by atoms with Crippen molar-refractivity contribution in [3.8, 4) is 5.69 Å².